The first-order valence-corrected chi connectivity index (χ1v) is 8.56. The molecule has 0 aromatic heterocycles. The number of amides is 1. The van der Waals surface area contributed by atoms with Crippen molar-refractivity contribution in [2.24, 2.45) is 0 Å². The lowest BCUT2D eigenvalue weighted by Gasteiger charge is -2.22. The Morgan fingerprint density at radius 1 is 1.12 bits per heavy atom. The van der Waals surface area contributed by atoms with E-state index < -0.39 is 0 Å². The maximum Gasteiger partial charge on any atom is 0.238 e. The van der Waals surface area contributed by atoms with Gasteiger partial charge in [-0.05, 0) is 37.5 Å². The largest absolute Gasteiger partial charge is 0.492 e. The highest BCUT2D eigenvalue weighted by molar-refractivity contribution is 5.93. The summed E-state index contributed by atoms with van der Waals surface area (Å²) in [4.78, 5) is 14.8. The zero-order chi connectivity index (χ0) is 16.8. The molecule has 0 aliphatic heterocycles. The maximum atomic E-state index is 12.5. The quantitative estimate of drug-likeness (QED) is 0.805. The monoisotopic (exact) mass is 324 g/mol. The van der Waals surface area contributed by atoms with Gasteiger partial charge in [-0.2, -0.15) is 0 Å². The number of nitrogens with one attached hydrogen (secondary N) is 1. The van der Waals surface area contributed by atoms with Crippen molar-refractivity contribution < 1.29 is 9.53 Å². The van der Waals surface area contributed by atoms with Gasteiger partial charge in [0, 0.05) is 12.6 Å². The average Bonchev–Trinajstić information content (AvgIpc) is 3.42. The molecule has 126 valence electrons. The molecule has 3 rings (SSSR count). The Morgan fingerprint density at radius 2 is 1.83 bits per heavy atom. The number of hydrogen-bond acceptors (Lipinski definition) is 3. The smallest absolute Gasteiger partial charge is 0.238 e. The molecule has 0 spiro atoms. The summed E-state index contributed by atoms with van der Waals surface area (Å²) in [5.41, 5.74) is 1.98. The number of benzene rings is 2. The lowest BCUT2D eigenvalue weighted by Crippen LogP contribution is -2.34. The highest BCUT2D eigenvalue weighted by Gasteiger charge is 2.30. The minimum Gasteiger partial charge on any atom is -0.492 e. The van der Waals surface area contributed by atoms with Crippen LogP contribution in [0.5, 0.6) is 5.75 Å². The molecule has 1 aliphatic carbocycles. The van der Waals surface area contributed by atoms with Gasteiger partial charge in [0.15, 0.2) is 0 Å². The van der Waals surface area contributed by atoms with Crippen molar-refractivity contribution >= 4 is 11.6 Å². The van der Waals surface area contributed by atoms with Crippen LogP contribution in [0.2, 0.25) is 0 Å². The van der Waals surface area contributed by atoms with E-state index in [1.54, 1.807) is 0 Å². The van der Waals surface area contributed by atoms with Crippen LogP contribution >= 0.6 is 0 Å². The highest BCUT2D eigenvalue weighted by atomic mass is 16.5. The van der Waals surface area contributed by atoms with E-state index in [9.17, 15) is 4.79 Å². The van der Waals surface area contributed by atoms with Crippen molar-refractivity contribution in [3.8, 4) is 5.75 Å². The van der Waals surface area contributed by atoms with Gasteiger partial charge in [0.2, 0.25) is 5.91 Å². The van der Waals surface area contributed by atoms with E-state index in [0.29, 0.717) is 19.2 Å². The van der Waals surface area contributed by atoms with E-state index in [-0.39, 0.29) is 5.91 Å². The fourth-order valence-electron chi connectivity index (χ4n) is 2.80. The van der Waals surface area contributed by atoms with Gasteiger partial charge < -0.3 is 10.1 Å². The van der Waals surface area contributed by atoms with Crippen molar-refractivity contribution in [1.82, 2.24) is 4.90 Å². The van der Waals surface area contributed by atoms with Crippen molar-refractivity contribution in [3.63, 3.8) is 0 Å². The van der Waals surface area contributed by atoms with Crippen molar-refractivity contribution in [1.29, 1.82) is 0 Å². The number of anilines is 1. The average molecular weight is 324 g/mol. The van der Waals surface area contributed by atoms with E-state index in [1.807, 2.05) is 49.4 Å². The fraction of sp³-hybridized carbons (Fsp3) is 0.350. The summed E-state index contributed by atoms with van der Waals surface area (Å²) in [7, 11) is 0. The highest BCUT2D eigenvalue weighted by Crippen LogP contribution is 2.29. The second kappa shape index (κ2) is 7.97. The van der Waals surface area contributed by atoms with E-state index in [0.717, 1.165) is 18.0 Å². The van der Waals surface area contributed by atoms with Gasteiger partial charge in [0.1, 0.15) is 5.75 Å². The maximum absolute atomic E-state index is 12.5. The standard InChI is InChI=1S/C20H24N2O2/c1-2-24-19-11-7-6-10-18(19)21-20(23)15-22(17-12-13-17)14-16-8-4-3-5-9-16/h3-11,17H,2,12-15H2,1H3,(H,21,23). The van der Waals surface area contributed by atoms with Gasteiger partial charge >= 0.3 is 0 Å². The molecule has 4 nitrogen and oxygen atoms in total. The van der Waals surface area contributed by atoms with Crippen LogP contribution in [0.1, 0.15) is 25.3 Å². The summed E-state index contributed by atoms with van der Waals surface area (Å²) >= 11 is 0. The molecule has 2 aromatic rings. The Hall–Kier alpha value is -2.33. The Kier molecular flexibility index (Phi) is 5.49. The normalized spacial score (nSPS) is 13.8. The van der Waals surface area contributed by atoms with E-state index in [1.165, 1.54) is 18.4 Å². The van der Waals surface area contributed by atoms with Crippen LogP contribution in [0.15, 0.2) is 54.6 Å². The van der Waals surface area contributed by atoms with Gasteiger partial charge in [0.25, 0.3) is 0 Å². The van der Waals surface area contributed by atoms with Crippen LogP contribution in [0.25, 0.3) is 0 Å². The summed E-state index contributed by atoms with van der Waals surface area (Å²) in [6, 6.07) is 18.4. The third-order valence-corrected chi connectivity index (χ3v) is 4.10. The zero-order valence-corrected chi connectivity index (χ0v) is 14.1. The SMILES string of the molecule is CCOc1ccccc1NC(=O)CN(Cc1ccccc1)C1CC1. The third kappa shape index (κ3) is 4.59. The van der Waals surface area contributed by atoms with Crippen molar-refractivity contribution in [3.05, 3.63) is 60.2 Å². The Balaban J connectivity index is 1.62. The van der Waals surface area contributed by atoms with Gasteiger partial charge in [-0.15, -0.1) is 0 Å². The number of ether oxygens (including phenoxy) is 1. The van der Waals surface area contributed by atoms with Gasteiger partial charge in [-0.25, -0.2) is 0 Å². The molecule has 0 heterocycles. The van der Waals surface area contributed by atoms with Crippen LogP contribution in [0.3, 0.4) is 0 Å². The first kappa shape index (κ1) is 16.5. The number of nitrogens with zero attached hydrogens (tertiary/aromatic N) is 1. The Labute approximate surface area is 143 Å². The van der Waals surface area contributed by atoms with Crippen molar-refractivity contribution in [2.75, 3.05) is 18.5 Å². The fourth-order valence-corrected chi connectivity index (χ4v) is 2.80. The van der Waals surface area contributed by atoms with Crippen LogP contribution < -0.4 is 10.1 Å². The second-order valence-corrected chi connectivity index (χ2v) is 6.10. The molecule has 1 amide bonds. The molecule has 0 atom stereocenters. The van der Waals surface area contributed by atoms with Crippen molar-refractivity contribution in [2.45, 2.75) is 32.4 Å². The molecule has 1 aliphatic rings. The van der Waals surface area contributed by atoms with Crippen LogP contribution in [0, 0.1) is 0 Å². The number of carbonyl (C=O) groups is 1. The van der Waals surface area contributed by atoms with Gasteiger partial charge in [-0.3, -0.25) is 9.69 Å². The lowest BCUT2D eigenvalue weighted by atomic mass is 10.2. The molecule has 0 unspecified atom stereocenters. The predicted octanol–water partition coefficient (Wildman–Crippen LogP) is 3.69. The van der Waals surface area contributed by atoms with Gasteiger partial charge in [0.05, 0.1) is 18.8 Å². The second-order valence-electron chi connectivity index (χ2n) is 6.10. The third-order valence-electron chi connectivity index (χ3n) is 4.10. The Morgan fingerprint density at radius 3 is 2.54 bits per heavy atom. The first-order valence-electron chi connectivity index (χ1n) is 8.56. The minimum atomic E-state index is 0.00461. The molecular formula is C20H24N2O2. The predicted molar refractivity (Wildman–Crippen MR) is 96.1 cm³/mol. The molecular weight excluding hydrogens is 300 g/mol. The molecule has 0 saturated heterocycles. The molecule has 24 heavy (non-hydrogen) atoms. The van der Waals surface area contributed by atoms with Crippen LogP contribution in [0.4, 0.5) is 5.69 Å². The summed E-state index contributed by atoms with van der Waals surface area (Å²) in [5.74, 6) is 0.722. The molecule has 1 N–H and O–H groups in total. The Bertz CT molecular complexity index is 668. The van der Waals surface area contributed by atoms with E-state index >= 15 is 0 Å². The van der Waals surface area contributed by atoms with E-state index in [4.69, 9.17) is 4.74 Å². The molecule has 4 heteroatoms. The number of hydrogen-bond donors (Lipinski definition) is 1. The van der Waals surface area contributed by atoms with Gasteiger partial charge in [-0.1, -0.05) is 42.5 Å². The van der Waals surface area contributed by atoms with E-state index in [2.05, 4.69) is 22.3 Å². The lowest BCUT2D eigenvalue weighted by molar-refractivity contribution is -0.117. The van der Waals surface area contributed by atoms with Crippen LogP contribution in [-0.2, 0) is 11.3 Å². The molecule has 2 aromatic carbocycles. The summed E-state index contributed by atoms with van der Waals surface area (Å²) in [6.07, 6.45) is 2.35. The summed E-state index contributed by atoms with van der Waals surface area (Å²) in [6.45, 7) is 3.73. The molecule has 1 fully saturated rings. The number of carbonyl (C=O) groups excluding carboxylic acids is 1. The molecule has 0 bridgehead atoms. The van der Waals surface area contributed by atoms with Crippen LogP contribution in [-0.4, -0.2) is 30.0 Å². The number of para-hydroxylation sites is 2. The molecule has 1 saturated carbocycles. The first-order chi connectivity index (χ1) is 11.8. The zero-order valence-electron chi connectivity index (χ0n) is 14.1. The number of rotatable bonds is 8. The molecule has 0 radical (unpaired) electrons. The minimum absolute atomic E-state index is 0.00461. The summed E-state index contributed by atoms with van der Waals surface area (Å²) < 4.78 is 5.57. The topological polar surface area (TPSA) is 41.6 Å². The summed E-state index contributed by atoms with van der Waals surface area (Å²) in [5, 5.41) is 2.99.